The summed E-state index contributed by atoms with van der Waals surface area (Å²) in [5.74, 6) is -1.75. The van der Waals surface area contributed by atoms with Gasteiger partial charge in [0.05, 0.1) is 13.4 Å². The summed E-state index contributed by atoms with van der Waals surface area (Å²) >= 11 is 0. The molecule has 0 aliphatic rings. The first-order valence-corrected chi connectivity index (χ1v) is 9.16. The van der Waals surface area contributed by atoms with E-state index in [1.165, 1.54) is 0 Å². The lowest BCUT2D eigenvalue weighted by Gasteiger charge is -2.03. The van der Waals surface area contributed by atoms with Gasteiger partial charge in [0.1, 0.15) is 0 Å². The SMILES string of the molecule is COS(=O)(=O)OC(=O)CCCCCCC(=O)OS(C)(=O)=O. The molecule has 11 heteroatoms. The van der Waals surface area contributed by atoms with E-state index in [2.05, 4.69) is 12.5 Å². The molecule has 0 unspecified atom stereocenters. The summed E-state index contributed by atoms with van der Waals surface area (Å²) < 4.78 is 54.9. The minimum absolute atomic E-state index is 0.0461. The largest absolute Gasteiger partial charge is 0.451 e. The van der Waals surface area contributed by atoms with Gasteiger partial charge in [-0.05, 0) is 12.8 Å². The molecular weight excluding hydrogens is 328 g/mol. The molecule has 0 N–H and O–H groups in total. The van der Waals surface area contributed by atoms with Crippen LogP contribution in [0, 0.1) is 0 Å². The van der Waals surface area contributed by atoms with Crippen molar-refractivity contribution in [3.63, 3.8) is 0 Å². The molecule has 0 saturated carbocycles. The predicted molar refractivity (Wildman–Crippen MR) is 70.7 cm³/mol. The summed E-state index contributed by atoms with van der Waals surface area (Å²) in [5.41, 5.74) is 0. The molecule has 0 aromatic heterocycles. The third-order valence-corrected chi connectivity index (χ3v) is 3.44. The number of hydrogen-bond acceptors (Lipinski definition) is 9. The summed E-state index contributed by atoms with van der Waals surface area (Å²) in [5, 5.41) is 0. The fraction of sp³-hybridized carbons (Fsp3) is 0.800. The molecule has 0 aliphatic carbocycles. The Morgan fingerprint density at radius 1 is 0.810 bits per heavy atom. The van der Waals surface area contributed by atoms with Gasteiger partial charge in [-0.25, -0.2) is 4.18 Å². The molecule has 0 spiro atoms. The van der Waals surface area contributed by atoms with E-state index in [0.717, 1.165) is 13.4 Å². The van der Waals surface area contributed by atoms with E-state index in [9.17, 15) is 26.4 Å². The summed E-state index contributed by atoms with van der Waals surface area (Å²) in [6, 6.07) is 0. The monoisotopic (exact) mass is 346 g/mol. The van der Waals surface area contributed by atoms with Crippen LogP contribution in [-0.4, -0.2) is 42.1 Å². The Bertz CT molecular complexity index is 547. The van der Waals surface area contributed by atoms with Crippen LogP contribution in [0.2, 0.25) is 0 Å². The van der Waals surface area contributed by atoms with Gasteiger partial charge in [0.2, 0.25) is 0 Å². The second-order valence-electron chi connectivity index (χ2n) is 4.10. The van der Waals surface area contributed by atoms with Crippen molar-refractivity contribution in [2.24, 2.45) is 0 Å². The molecule has 0 radical (unpaired) electrons. The van der Waals surface area contributed by atoms with Gasteiger partial charge in [0.25, 0.3) is 0 Å². The first-order chi connectivity index (χ1) is 9.56. The molecule has 0 amide bonds. The predicted octanol–water partition coefficient (Wildman–Crippen LogP) is 0.264. The van der Waals surface area contributed by atoms with Crippen molar-refractivity contribution in [3.8, 4) is 0 Å². The average Bonchev–Trinajstić information content (AvgIpc) is 2.30. The Morgan fingerprint density at radius 3 is 1.62 bits per heavy atom. The lowest BCUT2D eigenvalue weighted by Crippen LogP contribution is -2.13. The molecule has 0 atom stereocenters. The van der Waals surface area contributed by atoms with Crippen molar-refractivity contribution in [1.29, 1.82) is 0 Å². The highest BCUT2D eigenvalue weighted by Crippen LogP contribution is 2.08. The Labute approximate surface area is 124 Å². The first-order valence-electron chi connectivity index (χ1n) is 6.01. The number of carbonyl (C=O) groups excluding carboxylic acids is 2. The molecule has 0 bridgehead atoms. The zero-order valence-electron chi connectivity index (χ0n) is 11.7. The van der Waals surface area contributed by atoms with Gasteiger partial charge in [-0.3, -0.25) is 9.59 Å². The van der Waals surface area contributed by atoms with E-state index in [1.54, 1.807) is 0 Å². The van der Waals surface area contributed by atoms with Crippen LogP contribution in [0.1, 0.15) is 38.5 Å². The summed E-state index contributed by atoms with van der Waals surface area (Å²) in [6.45, 7) is 0. The molecule has 0 saturated heterocycles. The average molecular weight is 346 g/mol. The number of unbranched alkanes of at least 4 members (excludes halogenated alkanes) is 3. The molecule has 124 valence electrons. The van der Waals surface area contributed by atoms with Crippen molar-refractivity contribution >= 4 is 32.5 Å². The highest BCUT2D eigenvalue weighted by molar-refractivity contribution is 7.86. The van der Waals surface area contributed by atoms with Crippen LogP contribution in [0.5, 0.6) is 0 Å². The van der Waals surface area contributed by atoms with Gasteiger partial charge < -0.3 is 8.37 Å². The van der Waals surface area contributed by atoms with Gasteiger partial charge in [0, 0.05) is 12.8 Å². The standard InChI is InChI=1S/C10H18O9S2/c1-17-21(15,16)19-10(12)8-6-4-3-5-7-9(11)18-20(2,13)14/h3-8H2,1-2H3. The maximum atomic E-state index is 11.1. The normalized spacial score (nSPS) is 11.9. The minimum Gasteiger partial charge on any atom is -0.346 e. The Kier molecular flexibility index (Phi) is 8.44. The Balaban J connectivity index is 3.70. The Morgan fingerprint density at radius 2 is 1.24 bits per heavy atom. The van der Waals surface area contributed by atoms with E-state index in [4.69, 9.17) is 0 Å². The third-order valence-electron chi connectivity index (χ3n) is 2.16. The maximum Gasteiger partial charge on any atom is 0.451 e. The van der Waals surface area contributed by atoms with E-state index < -0.39 is 32.5 Å². The summed E-state index contributed by atoms with van der Waals surface area (Å²) in [6.07, 6.45) is 2.52. The van der Waals surface area contributed by atoms with Gasteiger partial charge in [-0.1, -0.05) is 12.8 Å². The van der Waals surface area contributed by atoms with E-state index in [1.807, 2.05) is 0 Å². The lowest BCUT2D eigenvalue weighted by molar-refractivity contribution is -0.135. The maximum absolute atomic E-state index is 11.1. The topological polar surface area (TPSA) is 130 Å². The second-order valence-corrected chi connectivity index (χ2v) is 7.00. The van der Waals surface area contributed by atoms with Crippen LogP contribution in [0.15, 0.2) is 0 Å². The minimum atomic E-state index is -4.26. The van der Waals surface area contributed by atoms with E-state index in [-0.39, 0.29) is 12.8 Å². The van der Waals surface area contributed by atoms with Crippen molar-refractivity contribution in [2.75, 3.05) is 13.4 Å². The van der Waals surface area contributed by atoms with Crippen molar-refractivity contribution in [2.45, 2.75) is 38.5 Å². The molecule has 0 heterocycles. The lowest BCUT2D eigenvalue weighted by atomic mass is 10.1. The van der Waals surface area contributed by atoms with Gasteiger partial charge in [0.15, 0.2) is 0 Å². The zero-order valence-corrected chi connectivity index (χ0v) is 13.4. The van der Waals surface area contributed by atoms with Gasteiger partial charge >= 0.3 is 32.5 Å². The number of rotatable bonds is 10. The van der Waals surface area contributed by atoms with E-state index >= 15 is 0 Å². The molecule has 9 nitrogen and oxygen atoms in total. The quantitative estimate of drug-likeness (QED) is 0.404. The van der Waals surface area contributed by atoms with Crippen LogP contribution in [-0.2, 0) is 42.7 Å². The highest BCUT2D eigenvalue weighted by atomic mass is 32.3. The van der Waals surface area contributed by atoms with Crippen LogP contribution >= 0.6 is 0 Å². The van der Waals surface area contributed by atoms with Crippen molar-refractivity contribution in [3.05, 3.63) is 0 Å². The summed E-state index contributed by atoms with van der Waals surface area (Å²) in [4.78, 5) is 22.1. The molecule has 0 rings (SSSR count). The van der Waals surface area contributed by atoms with Crippen molar-refractivity contribution < 1.29 is 39.0 Å². The number of carbonyl (C=O) groups is 2. The highest BCUT2D eigenvalue weighted by Gasteiger charge is 2.15. The number of hydrogen-bond donors (Lipinski definition) is 0. The van der Waals surface area contributed by atoms with Gasteiger partial charge in [-0.15, -0.1) is 0 Å². The Hall–Kier alpha value is -1.20. The molecular formula is C10H18O9S2. The van der Waals surface area contributed by atoms with Crippen LogP contribution < -0.4 is 0 Å². The smallest absolute Gasteiger partial charge is 0.346 e. The molecule has 21 heavy (non-hydrogen) atoms. The van der Waals surface area contributed by atoms with Gasteiger partial charge in [-0.2, -0.15) is 16.8 Å². The molecule has 0 aliphatic heterocycles. The molecule has 0 aromatic rings. The molecule has 0 aromatic carbocycles. The van der Waals surface area contributed by atoms with Crippen LogP contribution in [0.25, 0.3) is 0 Å². The van der Waals surface area contributed by atoms with Crippen LogP contribution in [0.3, 0.4) is 0 Å². The zero-order chi connectivity index (χ0) is 16.5. The third kappa shape index (κ3) is 12.3. The fourth-order valence-electron chi connectivity index (χ4n) is 1.29. The molecule has 0 fully saturated rings. The van der Waals surface area contributed by atoms with Crippen LogP contribution in [0.4, 0.5) is 0 Å². The van der Waals surface area contributed by atoms with Crippen molar-refractivity contribution in [1.82, 2.24) is 0 Å². The fourth-order valence-corrected chi connectivity index (χ4v) is 2.09. The first kappa shape index (κ1) is 19.8. The summed E-state index contributed by atoms with van der Waals surface area (Å²) in [7, 11) is -7.17. The van der Waals surface area contributed by atoms with E-state index in [0.29, 0.717) is 25.7 Å². The second kappa shape index (κ2) is 8.95.